The lowest BCUT2D eigenvalue weighted by Crippen LogP contribution is -2.38. The van der Waals surface area contributed by atoms with Gasteiger partial charge in [0.15, 0.2) is 0 Å². The van der Waals surface area contributed by atoms with Crippen molar-refractivity contribution in [1.29, 1.82) is 0 Å². The third kappa shape index (κ3) is 5.54. The zero-order valence-electron chi connectivity index (χ0n) is 8.70. The van der Waals surface area contributed by atoms with E-state index in [1.54, 1.807) is 25.6 Å². The molecular formula is C8H19NO2S2. The van der Waals surface area contributed by atoms with Gasteiger partial charge in [-0.15, -0.1) is 0 Å². The van der Waals surface area contributed by atoms with E-state index in [1.165, 1.54) is 0 Å². The van der Waals surface area contributed by atoms with Crippen LogP contribution in [0, 0.1) is 0 Å². The first kappa shape index (κ1) is 13.3. The standard InChI is InChI=1S/C8H19NO2S2/c1-5-12-6-8(4)9-13(10,11)7(2)3/h7-9H,5-6H2,1-4H3. The van der Waals surface area contributed by atoms with Crippen molar-refractivity contribution < 1.29 is 8.42 Å². The molecule has 80 valence electrons. The fourth-order valence-corrected chi connectivity index (χ4v) is 2.44. The van der Waals surface area contributed by atoms with E-state index < -0.39 is 10.0 Å². The van der Waals surface area contributed by atoms with Crippen LogP contribution in [0.4, 0.5) is 0 Å². The number of thioether (sulfide) groups is 1. The maximum Gasteiger partial charge on any atom is 0.214 e. The van der Waals surface area contributed by atoms with Crippen LogP contribution in [0.25, 0.3) is 0 Å². The van der Waals surface area contributed by atoms with Gasteiger partial charge in [0.25, 0.3) is 0 Å². The van der Waals surface area contributed by atoms with Crippen molar-refractivity contribution in [3.63, 3.8) is 0 Å². The monoisotopic (exact) mass is 225 g/mol. The highest BCUT2D eigenvalue weighted by molar-refractivity contribution is 7.99. The lowest BCUT2D eigenvalue weighted by atomic mass is 10.4. The molecule has 0 aromatic heterocycles. The molecule has 0 radical (unpaired) electrons. The van der Waals surface area contributed by atoms with E-state index >= 15 is 0 Å². The van der Waals surface area contributed by atoms with Gasteiger partial charge in [0.1, 0.15) is 0 Å². The van der Waals surface area contributed by atoms with E-state index in [0.29, 0.717) is 0 Å². The fraction of sp³-hybridized carbons (Fsp3) is 1.00. The summed E-state index contributed by atoms with van der Waals surface area (Å²) in [5.74, 6) is 1.86. The molecule has 0 fully saturated rings. The molecule has 0 aromatic rings. The highest BCUT2D eigenvalue weighted by atomic mass is 32.2. The molecule has 13 heavy (non-hydrogen) atoms. The SMILES string of the molecule is CCSCC(C)NS(=O)(=O)C(C)C. The average Bonchev–Trinajstić information content (AvgIpc) is 1.99. The Morgan fingerprint density at radius 3 is 2.23 bits per heavy atom. The van der Waals surface area contributed by atoms with Crippen molar-refractivity contribution in [1.82, 2.24) is 4.72 Å². The molecule has 0 saturated carbocycles. The quantitative estimate of drug-likeness (QED) is 0.744. The smallest absolute Gasteiger partial charge is 0.212 e. The Hall–Kier alpha value is 0.260. The number of sulfonamides is 1. The van der Waals surface area contributed by atoms with Gasteiger partial charge in [-0.25, -0.2) is 13.1 Å². The molecular weight excluding hydrogens is 206 g/mol. The summed E-state index contributed by atoms with van der Waals surface area (Å²) >= 11 is 1.74. The van der Waals surface area contributed by atoms with Gasteiger partial charge in [0.2, 0.25) is 10.0 Å². The van der Waals surface area contributed by atoms with E-state index in [4.69, 9.17) is 0 Å². The van der Waals surface area contributed by atoms with Crippen LogP contribution in [-0.2, 0) is 10.0 Å². The van der Waals surface area contributed by atoms with Crippen molar-refractivity contribution in [2.24, 2.45) is 0 Å². The predicted molar refractivity (Wildman–Crippen MR) is 59.7 cm³/mol. The molecule has 1 atom stereocenters. The van der Waals surface area contributed by atoms with Crippen LogP contribution < -0.4 is 4.72 Å². The van der Waals surface area contributed by atoms with Crippen molar-refractivity contribution >= 4 is 21.8 Å². The average molecular weight is 225 g/mol. The Kier molecular flexibility index (Phi) is 6.00. The molecule has 1 unspecified atom stereocenters. The molecule has 0 bridgehead atoms. The molecule has 0 aliphatic carbocycles. The zero-order chi connectivity index (χ0) is 10.5. The number of hydrogen-bond acceptors (Lipinski definition) is 3. The lowest BCUT2D eigenvalue weighted by molar-refractivity contribution is 0.562. The second-order valence-electron chi connectivity index (χ2n) is 3.27. The summed E-state index contributed by atoms with van der Waals surface area (Å²) in [4.78, 5) is 0. The minimum Gasteiger partial charge on any atom is -0.212 e. The molecule has 0 aromatic carbocycles. The van der Waals surface area contributed by atoms with Crippen molar-refractivity contribution in [3.8, 4) is 0 Å². The minimum absolute atomic E-state index is 0.0253. The second-order valence-corrected chi connectivity index (χ2v) is 6.86. The number of nitrogens with one attached hydrogen (secondary N) is 1. The topological polar surface area (TPSA) is 46.2 Å². The lowest BCUT2D eigenvalue weighted by Gasteiger charge is -2.15. The van der Waals surface area contributed by atoms with Gasteiger partial charge < -0.3 is 0 Å². The maximum absolute atomic E-state index is 11.4. The fourth-order valence-electron chi connectivity index (χ4n) is 0.745. The zero-order valence-corrected chi connectivity index (χ0v) is 10.3. The van der Waals surface area contributed by atoms with E-state index in [2.05, 4.69) is 11.6 Å². The normalized spacial score (nSPS) is 14.8. The highest BCUT2D eigenvalue weighted by Crippen LogP contribution is 2.04. The van der Waals surface area contributed by atoms with Crippen LogP contribution in [0.2, 0.25) is 0 Å². The number of hydrogen-bond donors (Lipinski definition) is 1. The predicted octanol–water partition coefficient (Wildman–Crippen LogP) is 1.46. The van der Waals surface area contributed by atoms with Crippen LogP contribution in [0.5, 0.6) is 0 Å². The van der Waals surface area contributed by atoms with Gasteiger partial charge in [-0.2, -0.15) is 11.8 Å². The maximum atomic E-state index is 11.4. The van der Waals surface area contributed by atoms with Crippen LogP contribution >= 0.6 is 11.8 Å². The van der Waals surface area contributed by atoms with E-state index in [1.807, 2.05) is 6.92 Å². The molecule has 0 amide bonds. The van der Waals surface area contributed by atoms with Crippen molar-refractivity contribution in [2.45, 2.75) is 39.0 Å². The summed E-state index contributed by atoms with van der Waals surface area (Å²) in [7, 11) is -3.09. The summed E-state index contributed by atoms with van der Waals surface area (Å²) in [6.45, 7) is 7.32. The third-order valence-electron chi connectivity index (χ3n) is 1.56. The molecule has 0 rings (SSSR count). The van der Waals surface area contributed by atoms with E-state index in [0.717, 1.165) is 11.5 Å². The second kappa shape index (κ2) is 5.88. The Morgan fingerprint density at radius 1 is 1.31 bits per heavy atom. The van der Waals surface area contributed by atoms with Crippen LogP contribution in [0.1, 0.15) is 27.7 Å². The van der Waals surface area contributed by atoms with Gasteiger partial charge >= 0.3 is 0 Å². The summed E-state index contributed by atoms with van der Waals surface area (Å²) in [5, 5.41) is -0.346. The van der Waals surface area contributed by atoms with Crippen molar-refractivity contribution in [2.75, 3.05) is 11.5 Å². The van der Waals surface area contributed by atoms with Crippen LogP contribution in [0.15, 0.2) is 0 Å². The number of rotatable bonds is 6. The summed E-state index contributed by atoms with van der Waals surface area (Å²) in [6.07, 6.45) is 0. The van der Waals surface area contributed by atoms with Gasteiger partial charge in [0, 0.05) is 11.8 Å². The summed E-state index contributed by atoms with van der Waals surface area (Å²) in [6, 6.07) is 0.0253. The first-order valence-corrected chi connectivity index (χ1v) is 7.19. The molecule has 1 N–H and O–H groups in total. The molecule has 0 spiro atoms. The molecule has 0 saturated heterocycles. The Bertz CT molecular complexity index is 224. The summed E-state index contributed by atoms with van der Waals surface area (Å²) in [5.41, 5.74) is 0. The molecule has 5 heteroatoms. The Morgan fingerprint density at radius 2 is 1.85 bits per heavy atom. The largest absolute Gasteiger partial charge is 0.214 e. The molecule has 3 nitrogen and oxygen atoms in total. The van der Waals surface area contributed by atoms with Gasteiger partial charge in [-0.05, 0) is 26.5 Å². The third-order valence-corrected chi connectivity index (χ3v) is 4.67. The van der Waals surface area contributed by atoms with Crippen molar-refractivity contribution in [3.05, 3.63) is 0 Å². The van der Waals surface area contributed by atoms with E-state index in [-0.39, 0.29) is 11.3 Å². The van der Waals surface area contributed by atoms with Crippen LogP contribution in [0.3, 0.4) is 0 Å². The van der Waals surface area contributed by atoms with Gasteiger partial charge in [0.05, 0.1) is 5.25 Å². The van der Waals surface area contributed by atoms with Gasteiger partial charge in [-0.1, -0.05) is 6.92 Å². The Labute approximate surface area is 85.7 Å². The Balaban J connectivity index is 3.98. The van der Waals surface area contributed by atoms with E-state index in [9.17, 15) is 8.42 Å². The molecule has 0 aliphatic heterocycles. The first-order chi connectivity index (χ1) is 5.90. The minimum atomic E-state index is -3.09. The summed E-state index contributed by atoms with van der Waals surface area (Å²) < 4.78 is 25.4. The van der Waals surface area contributed by atoms with Gasteiger partial charge in [-0.3, -0.25) is 0 Å². The van der Waals surface area contributed by atoms with Crippen LogP contribution in [-0.4, -0.2) is 31.2 Å². The highest BCUT2D eigenvalue weighted by Gasteiger charge is 2.17. The molecule has 0 heterocycles. The first-order valence-electron chi connectivity index (χ1n) is 4.49. The molecule has 0 aliphatic rings.